The van der Waals surface area contributed by atoms with E-state index in [4.69, 9.17) is 9.47 Å². The van der Waals surface area contributed by atoms with E-state index < -0.39 is 0 Å². The van der Waals surface area contributed by atoms with Gasteiger partial charge in [-0.3, -0.25) is 0 Å². The summed E-state index contributed by atoms with van der Waals surface area (Å²) in [6.45, 7) is 0. The maximum Gasteiger partial charge on any atom is 0.160 e. The van der Waals surface area contributed by atoms with Gasteiger partial charge in [-0.25, -0.2) is 0 Å². The zero-order valence-corrected chi connectivity index (χ0v) is 12.9. The van der Waals surface area contributed by atoms with Crippen LogP contribution in [0.5, 0.6) is 11.5 Å². The molecular formula is C18H23NO2. The molecule has 0 aliphatic rings. The number of hydrogen-bond acceptors (Lipinski definition) is 3. The molecule has 0 saturated heterocycles. The molecule has 0 aliphatic heterocycles. The molecule has 3 nitrogen and oxygen atoms in total. The fraction of sp³-hybridized carbons (Fsp3) is 0.333. The van der Waals surface area contributed by atoms with Gasteiger partial charge in [0.1, 0.15) is 0 Å². The first-order valence-electron chi connectivity index (χ1n) is 7.19. The Morgan fingerprint density at radius 3 is 2.14 bits per heavy atom. The smallest absolute Gasteiger partial charge is 0.160 e. The van der Waals surface area contributed by atoms with Gasteiger partial charge in [-0.15, -0.1) is 0 Å². The van der Waals surface area contributed by atoms with E-state index in [0.717, 1.165) is 24.3 Å². The first-order chi connectivity index (χ1) is 10.3. The Morgan fingerprint density at radius 1 is 0.857 bits per heavy atom. The maximum atomic E-state index is 5.36. The Labute approximate surface area is 126 Å². The van der Waals surface area contributed by atoms with E-state index >= 15 is 0 Å². The molecule has 0 aromatic heterocycles. The molecule has 21 heavy (non-hydrogen) atoms. The van der Waals surface area contributed by atoms with Crippen molar-refractivity contribution in [2.45, 2.75) is 18.9 Å². The summed E-state index contributed by atoms with van der Waals surface area (Å²) in [5, 5.41) is 3.39. The first kappa shape index (κ1) is 15.4. The van der Waals surface area contributed by atoms with Gasteiger partial charge in [0.15, 0.2) is 11.5 Å². The van der Waals surface area contributed by atoms with E-state index in [1.807, 2.05) is 25.2 Å². The van der Waals surface area contributed by atoms with Crippen molar-refractivity contribution < 1.29 is 9.47 Å². The van der Waals surface area contributed by atoms with Crippen LogP contribution in [-0.2, 0) is 12.8 Å². The van der Waals surface area contributed by atoms with Crippen LogP contribution >= 0.6 is 0 Å². The maximum absolute atomic E-state index is 5.36. The molecule has 0 bridgehead atoms. The summed E-state index contributed by atoms with van der Waals surface area (Å²) < 4.78 is 10.6. The molecule has 1 atom stereocenters. The minimum atomic E-state index is 0.394. The van der Waals surface area contributed by atoms with E-state index in [1.54, 1.807) is 14.2 Å². The molecule has 112 valence electrons. The lowest BCUT2D eigenvalue weighted by Crippen LogP contribution is -2.29. The molecule has 0 amide bonds. The molecule has 0 aliphatic carbocycles. The summed E-state index contributed by atoms with van der Waals surface area (Å²) in [5.41, 5.74) is 2.58. The van der Waals surface area contributed by atoms with Crippen LogP contribution in [0.1, 0.15) is 11.1 Å². The Morgan fingerprint density at radius 2 is 1.52 bits per heavy atom. The molecule has 1 N–H and O–H groups in total. The molecule has 2 aromatic rings. The Kier molecular flexibility index (Phi) is 5.64. The van der Waals surface area contributed by atoms with Crippen molar-refractivity contribution in [1.29, 1.82) is 0 Å². The highest BCUT2D eigenvalue weighted by Gasteiger charge is 2.11. The third-order valence-corrected chi connectivity index (χ3v) is 3.66. The van der Waals surface area contributed by atoms with Crippen molar-refractivity contribution in [3.63, 3.8) is 0 Å². The summed E-state index contributed by atoms with van der Waals surface area (Å²) in [7, 11) is 5.33. The second-order valence-electron chi connectivity index (χ2n) is 5.07. The molecule has 0 heterocycles. The van der Waals surface area contributed by atoms with Gasteiger partial charge in [0.25, 0.3) is 0 Å². The molecule has 2 aromatic carbocycles. The lowest BCUT2D eigenvalue weighted by molar-refractivity contribution is 0.354. The standard InChI is InChI=1S/C18H23NO2/c1-19-16(11-14-7-5-4-6-8-14)12-15-9-10-17(20-2)18(13-15)21-3/h4-10,13,16,19H,11-12H2,1-3H3. The average Bonchev–Trinajstić information content (AvgIpc) is 2.55. The lowest BCUT2D eigenvalue weighted by atomic mass is 9.99. The van der Waals surface area contributed by atoms with E-state index in [2.05, 4.69) is 35.6 Å². The van der Waals surface area contributed by atoms with Gasteiger partial charge in [-0.2, -0.15) is 0 Å². The fourth-order valence-corrected chi connectivity index (χ4v) is 2.47. The Hall–Kier alpha value is -2.00. The Balaban J connectivity index is 2.08. The van der Waals surface area contributed by atoms with Crippen molar-refractivity contribution in [3.8, 4) is 11.5 Å². The van der Waals surface area contributed by atoms with Gasteiger partial charge >= 0.3 is 0 Å². The molecular weight excluding hydrogens is 262 g/mol. The summed E-state index contributed by atoms with van der Waals surface area (Å²) in [6, 6.07) is 17.0. The summed E-state index contributed by atoms with van der Waals surface area (Å²) in [6.07, 6.45) is 1.96. The predicted molar refractivity (Wildman–Crippen MR) is 86.2 cm³/mol. The normalized spacial score (nSPS) is 12.0. The molecule has 2 rings (SSSR count). The monoisotopic (exact) mass is 285 g/mol. The largest absolute Gasteiger partial charge is 0.493 e. The second-order valence-corrected chi connectivity index (χ2v) is 5.07. The van der Waals surface area contributed by atoms with Crippen LogP contribution in [-0.4, -0.2) is 27.3 Å². The molecule has 3 heteroatoms. The van der Waals surface area contributed by atoms with Crippen LogP contribution in [0.3, 0.4) is 0 Å². The number of likely N-dealkylation sites (N-methyl/N-ethyl adjacent to an activating group) is 1. The van der Waals surface area contributed by atoms with E-state index in [-0.39, 0.29) is 0 Å². The van der Waals surface area contributed by atoms with Crippen LogP contribution in [0.2, 0.25) is 0 Å². The van der Waals surface area contributed by atoms with E-state index in [9.17, 15) is 0 Å². The fourth-order valence-electron chi connectivity index (χ4n) is 2.47. The number of ether oxygens (including phenoxy) is 2. The SMILES string of the molecule is CNC(Cc1ccccc1)Cc1ccc(OC)c(OC)c1. The Bertz CT molecular complexity index is 554. The van der Waals surface area contributed by atoms with Gasteiger partial charge in [0.05, 0.1) is 14.2 Å². The van der Waals surface area contributed by atoms with E-state index in [0.29, 0.717) is 6.04 Å². The molecule has 0 fully saturated rings. The lowest BCUT2D eigenvalue weighted by Gasteiger charge is -2.17. The highest BCUT2D eigenvalue weighted by Crippen LogP contribution is 2.28. The van der Waals surface area contributed by atoms with Gasteiger partial charge in [-0.05, 0) is 43.1 Å². The number of hydrogen-bond donors (Lipinski definition) is 1. The van der Waals surface area contributed by atoms with Crippen molar-refractivity contribution in [2.75, 3.05) is 21.3 Å². The highest BCUT2D eigenvalue weighted by atomic mass is 16.5. The van der Waals surface area contributed by atoms with Crippen LogP contribution in [0.4, 0.5) is 0 Å². The van der Waals surface area contributed by atoms with Crippen LogP contribution in [0, 0.1) is 0 Å². The van der Waals surface area contributed by atoms with Crippen molar-refractivity contribution >= 4 is 0 Å². The topological polar surface area (TPSA) is 30.5 Å². The summed E-state index contributed by atoms with van der Waals surface area (Å²) >= 11 is 0. The molecule has 0 radical (unpaired) electrons. The molecule has 0 spiro atoms. The van der Waals surface area contributed by atoms with Gasteiger partial charge in [0.2, 0.25) is 0 Å². The highest BCUT2D eigenvalue weighted by molar-refractivity contribution is 5.43. The summed E-state index contributed by atoms with van der Waals surface area (Å²) in [4.78, 5) is 0. The molecule has 1 unspecified atom stereocenters. The minimum Gasteiger partial charge on any atom is -0.493 e. The number of methoxy groups -OCH3 is 2. The minimum absolute atomic E-state index is 0.394. The predicted octanol–water partition coefficient (Wildman–Crippen LogP) is 3.08. The third-order valence-electron chi connectivity index (χ3n) is 3.66. The zero-order chi connectivity index (χ0) is 15.1. The average molecular weight is 285 g/mol. The molecule has 0 saturated carbocycles. The quantitative estimate of drug-likeness (QED) is 0.848. The van der Waals surface area contributed by atoms with Crippen LogP contribution < -0.4 is 14.8 Å². The number of nitrogens with one attached hydrogen (secondary N) is 1. The summed E-state index contributed by atoms with van der Waals surface area (Å²) in [5.74, 6) is 1.55. The van der Waals surface area contributed by atoms with E-state index in [1.165, 1.54) is 11.1 Å². The van der Waals surface area contributed by atoms with Gasteiger partial charge in [0, 0.05) is 6.04 Å². The number of benzene rings is 2. The van der Waals surface area contributed by atoms with Gasteiger partial charge in [-0.1, -0.05) is 36.4 Å². The third kappa shape index (κ3) is 4.23. The number of rotatable bonds is 7. The van der Waals surface area contributed by atoms with Crippen molar-refractivity contribution in [3.05, 3.63) is 59.7 Å². The van der Waals surface area contributed by atoms with Crippen LogP contribution in [0.25, 0.3) is 0 Å². The van der Waals surface area contributed by atoms with Crippen molar-refractivity contribution in [2.24, 2.45) is 0 Å². The van der Waals surface area contributed by atoms with Crippen molar-refractivity contribution in [1.82, 2.24) is 5.32 Å². The zero-order valence-electron chi connectivity index (χ0n) is 12.9. The first-order valence-corrected chi connectivity index (χ1v) is 7.19. The second kappa shape index (κ2) is 7.70. The van der Waals surface area contributed by atoms with Gasteiger partial charge < -0.3 is 14.8 Å². The van der Waals surface area contributed by atoms with Crippen LogP contribution in [0.15, 0.2) is 48.5 Å².